The molecule has 2 aliphatic carbocycles. The van der Waals surface area contributed by atoms with Gasteiger partial charge in [0.05, 0.1) is 29.7 Å². The van der Waals surface area contributed by atoms with E-state index in [2.05, 4.69) is 96.2 Å². The second kappa shape index (κ2) is 7.54. The van der Waals surface area contributed by atoms with Crippen LogP contribution in [0.4, 0.5) is 0 Å². The standard InChI is InChI=1S/C30H39N2O2PSi/c1-21(33)32-31-24-18-12-13-19-29(24)23-17-11-14-20-30(23)26(35(29)32)25(27(2,3)4)34-36(30,28(5,6)7)22-15-9-8-10-16-22/h8-11,14-17,20,23H,12-13,18-19H2,1-7H3/t23-,29-,30+,35+,36-/m0/s1. The van der Waals surface area contributed by atoms with E-state index in [1.807, 2.05) is 4.78 Å². The molecule has 0 radical (unpaired) electrons. The fraction of sp³-hybridized carbons (Fsp3) is 0.533. The van der Waals surface area contributed by atoms with Gasteiger partial charge in [0.2, 0.25) is 5.91 Å². The Morgan fingerprint density at radius 1 is 1.11 bits per heavy atom. The van der Waals surface area contributed by atoms with Crippen LogP contribution in [0, 0.1) is 11.3 Å². The SMILES string of the molecule is CC(=O)N1N=C2CCCC[C@]23[C@@H]2C=CC=C[C@]24C(=C(C(C)(C)C)O[Si@@]4(c2ccccc2)C(C)(C)C)[P@@]13. The van der Waals surface area contributed by atoms with Gasteiger partial charge in [0.15, 0.2) is 0 Å². The van der Waals surface area contributed by atoms with Crippen molar-refractivity contribution in [1.82, 2.24) is 4.78 Å². The van der Waals surface area contributed by atoms with Gasteiger partial charge in [-0.25, -0.2) is 4.78 Å². The fourth-order valence-corrected chi connectivity index (χ4v) is 19.0. The Labute approximate surface area is 218 Å². The summed E-state index contributed by atoms with van der Waals surface area (Å²) in [7, 11) is -3.80. The van der Waals surface area contributed by atoms with Crippen LogP contribution in [0.15, 0.2) is 70.8 Å². The summed E-state index contributed by atoms with van der Waals surface area (Å²) in [6, 6.07) is 11.1. The van der Waals surface area contributed by atoms with E-state index in [1.165, 1.54) is 22.6 Å². The third kappa shape index (κ3) is 2.69. The second-order valence-corrected chi connectivity index (χ2v) is 19.9. The topological polar surface area (TPSA) is 41.9 Å². The minimum atomic E-state index is -2.80. The molecule has 3 heterocycles. The number of nitrogens with zero attached hydrogens (tertiary/aromatic N) is 2. The summed E-state index contributed by atoms with van der Waals surface area (Å²) in [5.41, 5.74) is 1.10. The van der Waals surface area contributed by atoms with Crippen LogP contribution >= 0.6 is 8.07 Å². The van der Waals surface area contributed by atoms with E-state index in [1.54, 1.807) is 6.92 Å². The lowest BCUT2D eigenvalue weighted by atomic mass is 9.70. The van der Waals surface area contributed by atoms with E-state index in [9.17, 15) is 4.79 Å². The number of carbonyl (C=O) groups excluding carboxylic acids is 1. The molecule has 3 aliphatic heterocycles. The van der Waals surface area contributed by atoms with Crippen LogP contribution in [-0.4, -0.2) is 29.9 Å². The monoisotopic (exact) mass is 518 g/mol. The highest BCUT2D eigenvalue weighted by Crippen LogP contribution is 2.89. The highest BCUT2D eigenvalue weighted by molar-refractivity contribution is 7.64. The Morgan fingerprint density at radius 3 is 2.47 bits per heavy atom. The van der Waals surface area contributed by atoms with E-state index in [4.69, 9.17) is 9.53 Å². The van der Waals surface area contributed by atoms with Crippen LogP contribution in [0.2, 0.25) is 10.1 Å². The van der Waals surface area contributed by atoms with Gasteiger partial charge in [-0.3, -0.25) is 4.79 Å². The molecule has 0 bridgehead atoms. The molecule has 0 unspecified atom stereocenters. The average Bonchev–Trinajstić information content (AvgIpc) is 3.39. The lowest BCUT2D eigenvalue weighted by Crippen LogP contribution is -2.66. The predicted octanol–water partition coefficient (Wildman–Crippen LogP) is 7.35. The number of amides is 1. The smallest absolute Gasteiger partial charge is 0.302 e. The minimum absolute atomic E-state index is 0.0690. The van der Waals surface area contributed by atoms with Crippen LogP contribution in [0.5, 0.6) is 0 Å². The van der Waals surface area contributed by atoms with E-state index >= 15 is 0 Å². The quantitative estimate of drug-likeness (QED) is 0.288. The number of rotatable bonds is 1. The van der Waals surface area contributed by atoms with Crippen molar-refractivity contribution in [3.8, 4) is 0 Å². The van der Waals surface area contributed by atoms with Crippen molar-refractivity contribution in [1.29, 1.82) is 0 Å². The Morgan fingerprint density at radius 2 is 1.83 bits per heavy atom. The first-order valence-corrected chi connectivity index (χ1v) is 16.7. The lowest BCUT2D eigenvalue weighted by Gasteiger charge is -2.53. The van der Waals surface area contributed by atoms with Gasteiger partial charge < -0.3 is 4.43 Å². The normalized spacial score (nSPS) is 36.8. The summed E-state index contributed by atoms with van der Waals surface area (Å²) >= 11 is 0. The molecule has 5 aliphatic rings. The van der Waals surface area contributed by atoms with Gasteiger partial charge in [-0.05, 0) is 29.5 Å². The summed E-state index contributed by atoms with van der Waals surface area (Å²) in [4.78, 5) is 13.3. The highest BCUT2D eigenvalue weighted by Gasteiger charge is 2.83. The number of hydrazone groups is 1. The van der Waals surface area contributed by atoms with Gasteiger partial charge in [0.25, 0.3) is 0 Å². The molecule has 1 aromatic rings. The third-order valence-electron chi connectivity index (χ3n) is 9.14. The summed E-state index contributed by atoms with van der Waals surface area (Å²) in [5.74, 6) is 1.46. The lowest BCUT2D eigenvalue weighted by molar-refractivity contribution is -0.124. The molecule has 6 rings (SSSR count). The second-order valence-electron chi connectivity index (χ2n) is 13.2. The molecule has 190 valence electrons. The van der Waals surface area contributed by atoms with Gasteiger partial charge in [-0.2, -0.15) is 5.10 Å². The first kappa shape index (κ1) is 24.4. The average molecular weight is 519 g/mol. The Bertz CT molecular complexity index is 1250. The van der Waals surface area contributed by atoms with Gasteiger partial charge in [0.1, 0.15) is 0 Å². The zero-order valence-electron chi connectivity index (χ0n) is 22.8. The molecular formula is C30H39N2O2PSi. The zero-order chi connectivity index (χ0) is 25.7. The number of allylic oxidation sites excluding steroid dienone is 6. The summed E-state index contributed by atoms with van der Waals surface area (Å²) in [6.45, 7) is 15.7. The number of hydrogen-bond acceptors (Lipinski definition) is 3. The van der Waals surface area contributed by atoms with E-state index in [0.29, 0.717) is 0 Å². The molecule has 1 aromatic carbocycles. The maximum absolute atomic E-state index is 13.3. The van der Waals surface area contributed by atoms with Crippen molar-refractivity contribution in [3.05, 3.63) is 65.7 Å². The van der Waals surface area contributed by atoms with Crippen LogP contribution in [0.3, 0.4) is 0 Å². The number of fused-ring (bicyclic) bond motifs is 1. The fourth-order valence-electron chi connectivity index (χ4n) is 8.05. The first-order valence-electron chi connectivity index (χ1n) is 13.5. The molecule has 1 amide bonds. The van der Waals surface area contributed by atoms with E-state index in [-0.39, 0.29) is 32.5 Å². The van der Waals surface area contributed by atoms with Crippen LogP contribution in [0.25, 0.3) is 0 Å². The molecule has 1 saturated heterocycles. The van der Waals surface area contributed by atoms with Crippen molar-refractivity contribution < 1.29 is 9.22 Å². The molecule has 2 spiro atoms. The summed E-state index contributed by atoms with van der Waals surface area (Å²) in [5, 5.41) is 7.48. The molecule has 2 fully saturated rings. The van der Waals surface area contributed by atoms with Crippen LogP contribution < -0.4 is 5.19 Å². The summed E-state index contributed by atoms with van der Waals surface area (Å²) < 4.78 is 9.60. The largest absolute Gasteiger partial charge is 0.540 e. The van der Waals surface area contributed by atoms with Crippen molar-refractivity contribution in [2.24, 2.45) is 16.4 Å². The molecule has 36 heavy (non-hydrogen) atoms. The van der Waals surface area contributed by atoms with Crippen molar-refractivity contribution in [2.75, 3.05) is 0 Å². The predicted molar refractivity (Wildman–Crippen MR) is 152 cm³/mol. The molecular weight excluding hydrogens is 479 g/mol. The Balaban J connectivity index is 1.77. The van der Waals surface area contributed by atoms with Crippen molar-refractivity contribution in [2.45, 2.75) is 89.4 Å². The van der Waals surface area contributed by atoms with Crippen molar-refractivity contribution >= 4 is 33.2 Å². The number of carbonyl (C=O) groups is 1. The van der Waals surface area contributed by atoms with Crippen LogP contribution in [-0.2, 0) is 9.22 Å². The van der Waals surface area contributed by atoms with Gasteiger partial charge in [-0.1, -0.05) is 103 Å². The third-order valence-corrected chi connectivity index (χ3v) is 18.3. The maximum Gasteiger partial charge on any atom is 0.302 e. The maximum atomic E-state index is 13.3. The van der Waals surface area contributed by atoms with Crippen molar-refractivity contribution in [3.63, 3.8) is 0 Å². The number of hydrogen-bond donors (Lipinski definition) is 0. The Kier molecular flexibility index (Phi) is 5.10. The van der Waals surface area contributed by atoms with Crippen LogP contribution in [0.1, 0.15) is 74.1 Å². The molecule has 6 heteroatoms. The summed E-state index contributed by atoms with van der Waals surface area (Å²) in [6.07, 6.45) is 14.0. The zero-order valence-corrected chi connectivity index (χ0v) is 24.7. The minimum Gasteiger partial charge on any atom is -0.540 e. The molecule has 0 aromatic heterocycles. The number of benzene rings is 1. The first-order chi connectivity index (χ1) is 16.9. The van der Waals surface area contributed by atoms with Gasteiger partial charge >= 0.3 is 8.32 Å². The van der Waals surface area contributed by atoms with E-state index in [0.717, 1.165) is 25.0 Å². The Hall–Kier alpha value is -1.97. The van der Waals surface area contributed by atoms with Gasteiger partial charge in [0, 0.05) is 23.6 Å². The molecule has 4 nitrogen and oxygen atoms in total. The highest BCUT2D eigenvalue weighted by atomic mass is 31.1. The van der Waals surface area contributed by atoms with E-state index < -0.39 is 16.4 Å². The van der Waals surface area contributed by atoms with Gasteiger partial charge in [-0.15, -0.1) is 0 Å². The molecule has 0 N–H and O–H groups in total. The molecule has 5 atom stereocenters. The molecule has 1 saturated carbocycles.